The Morgan fingerprint density at radius 2 is 1.69 bits per heavy atom. The number of rotatable bonds is 3. The van der Waals surface area contributed by atoms with Crippen molar-refractivity contribution in [3.63, 3.8) is 0 Å². The highest BCUT2D eigenvalue weighted by molar-refractivity contribution is 5.68. The molecule has 0 aromatic rings. The summed E-state index contributed by atoms with van der Waals surface area (Å²) in [6, 6.07) is 0. The summed E-state index contributed by atoms with van der Waals surface area (Å²) in [4.78, 5) is 21.9. The van der Waals surface area contributed by atoms with E-state index in [1.54, 1.807) is 0 Å². The third kappa shape index (κ3) is 2.84. The van der Waals surface area contributed by atoms with Crippen LogP contribution in [0.4, 0.5) is 0 Å². The van der Waals surface area contributed by atoms with Gasteiger partial charge in [-0.15, -0.1) is 0 Å². The van der Waals surface area contributed by atoms with Crippen LogP contribution < -0.4 is 0 Å². The van der Waals surface area contributed by atoms with Crippen molar-refractivity contribution in [1.82, 2.24) is 0 Å². The largest absolute Gasteiger partial charge is 0.459 e. The van der Waals surface area contributed by atoms with Crippen molar-refractivity contribution in [3.8, 4) is 0 Å². The fourth-order valence-corrected chi connectivity index (χ4v) is 1.83. The van der Waals surface area contributed by atoms with Gasteiger partial charge in [-0.3, -0.25) is 9.59 Å². The van der Waals surface area contributed by atoms with Gasteiger partial charge in [-0.1, -0.05) is 0 Å². The highest BCUT2D eigenvalue weighted by Crippen LogP contribution is 2.52. The molecule has 0 saturated heterocycles. The lowest BCUT2D eigenvalue weighted by molar-refractivity contribution is -0.148. The van der Waals surface area contributed by atoms with Gasteiger partial charge in [0.1, 0.15) is 11.4 Å². The number of hydrogen-bond acceptors (Lipinski definition) is 4. The lowest BCUT2D eigenvalue weighted by Crippen LogP contribution is -2.18. The maximum atomic E-state index is 11.0. The number of ether oxygens (including phenoxy) is 2. The number of carbonyl (C=O) groups is 2. The van der Waals surface area contributed by atoms with Gasteiger partial charge in [0.2, 0.25) is 0 Å². The molecule has 0 aromatic carbocycles. The Morgan fingerprint density at radius 1 is 1.12 bits per heavy atom. The summed E-state index contributed by atoms with van der Waals surface area (Å²) < 4.78 is 10.4. The van der Waals surface area contributed by atoms with Gasteiger partial charge in [-0.05, 0) is 26.3 Å². The molecule has 0 N–H and O–H groups in total. The van der Waals surface area contributed by atoms with E-state index in [1.807, 2.05) is 20.8 Å². The van der Waals surface area contributed by atoms with E-state index in [-0.39, 0.29) is 17.9 Å². The van der Waals surface area contributed by atoms with E-state index in [1.165, 1.54) is 13.8 Å². The van der Waals surface area contributed by atoms with Crippen LogP contribution in [0.5, 0.6) is 0 Å². The first-order chi connectivity index (χ1) is 7.26. The van der Waals surface area contributed by atoms with Crippen LogP contribution in [0.2, 0.25) is 0 Å². The highest BCUT2D eigenvalue weighted by atomic mass is 16.6. The van der Waals surface area contributed by atoms with Gasteiger partial charge in [0, 0.05) is 20.3 Å². The van der Waals surface area contributed by atoms with Crippen LogP contribution in [-0.4, -0.2) is 17.5 Å². The van der Waals surface area contributed by atoms with Crippen molar-refractivity contribution < 1.29 is 19.1 Å². The van der Waals surface area contributed by atoms with E-state index in [0.717, 1.165) is 5.57 Å². The maximum Gasteiger partial charge on any atom is 0.307 e. The molecule has 1 aliphatic rings. The molecule has 0 radical (unpaired) electrons. The average Bonchev–Trinajstić information content (AvgIpc) is 2.70. The number of carbonyl (C=O) groups excluding carboxylic acids is 2. The average molecular weight is 226 g/mol. The third-order valence-corrected chi connectivity index (χ3v) is 2.63. The summed E-state index contributed by atoms with van der Waals surface area (Å²) >= 11 is 0. The first kappa shape index (κ1) is 12.7. The molecular weight excluding hydrogens is 208 g/mol. The molecule has 0 spiro atoms. The van der Waals surface area contributed by atoms with Crippen LogP contribution in [0.25, 0.3) is 0 Å². The molecule has 4 nitrogen and oxygen atoms in total. The standard InChI is InChI=1S/C12H18O4/c1-7(2)11(15-8(3)13)10-6-12(10,5)16-9(4)14/h10H,6H2,1-5H3/t10-,12-/m1/s1. The Hall–Kier alpha value is -1.32. The van der Waals surface area contributed by atoms with Crippen LogP contribution in [0.1, 0.15) is 41.0 Å². The van der Waals surface area contributed by atoms with Gasteiger partial charge < -0.3 is 9.47 Å². The minimum absolute atomic E-state index is 0.00491. The molecule has 0 bridgehead atoms. The molecule has 1 fully saturated rings. The monoisotopic (exact) mass is 226 g/mol. The zero-order valence-electron chi connectivity index (χ0n) is 10.4. The molecule has 1 rings (SSSR count). The second-order valence-corrected chi connectivity index (χ2v) is 4.62. The molecule has 4 heteroatoms. The second-order valence-electron chi connectivity index (χ2n) is 4.62. The van der Waals surface area contributed by atoms with Gasteiger partial charge in [-0.25, -0.2) is 0 Å². The first-order valence-electron chi connectivity index (χ1n) is 5.31. The summed E-state index contributed by atoms with van der Waals surface area (Å²) in [5.41, 5.74) is 0.435. The molecular formula is C12H18O4. The molecule has 0 unspecified atom stereocenters. The van der Waals surface area contributed by atoms with E-state index in [4.69, 9.17) is 9.47 Å². The summed E-state index contributed by atoms with van der Waals surface area (Å²) in [6.45, 7) is 8.37. The van der Waals surface area contributed by atoms with E-state index in [2.05, 4.69) is 0 Å². The summed E-state index contributed by atoms with van der Waals surface area (Å²) in [5, 5.41) is 0. The Labute approximate surface area is 95.6 Å². The van der Waals surface area contributed by atoms with Crippen molar-refractivity contribution in [1.29, 1.82) is 0 Å². The molecule has 0 aromatic heterocycles. The van der Waals surface area contributed by atoms with Gasteiger partial charge in [0.15, 0.2) is 0 Å². The molecule has 1 aliphatic carbocycles. The zero-order chi connectivity index (χ0) is 12.5. The Bertz CT molecular complexity index is 352. The smallest absolute Gasteiger partial charge is 0.307 e. The number of hydrogen-bond donors (Lipinski definition) is 0. The van der Waals surface area contributed by atoms with Crippen LogP contribution in [-0.2, 0) is 19.1 Å². The van der Waals surface area contributed by atoms with Gasteiger partial charge in [0.25, 0.3) is 0 Å². The van der Waals surface area contributed by atoms with E-state index < -0.39 is 5.60 Å². The normalized spacial score (nSPS) is 26.9. The highest BCUT2D eigenvalue weighted by Gasteiger charge is 2.57. The van der Waals surface area contributed by atoms with Gasteiger partial charge in [-0.2, -0.15) is 0 Å². The number of allylic oxidation sites excluding steroid dienone is 1. The minimum Gasteiger partial charge on any atom is -0.459 e. The molecule has 0 heterocycles. The molecule has 16 heavy (non-hydrogen) atoms. The van der Waals surface area contributed by atoms with Crippen molar-refractivity contribution in [2.45, 2.75) is 46.6 Å². The van der Waals surface area contributed by atoms with E-state index in [9.17, 15) is 9.59 Å². The second kappa shape index (κ2) is 4.28. The Morgan fingerprint density at radius 3 is 2.06 bits per heavy atom. The summed E-state index contributed by atoms with van der Waals surface area (Å²) in [6.07, 6.45) is 0.709. The van der Waals surface area contributed by atoms with Crippen LogP contribution in [0.15, 0.2) is 11.3 Å². The predicted molar refractivity (Wildman–Crippen MR) is 58.4 cm³/mol. The Balaban J connectivity index is 2.76. The predicted octanol–water partition coefficient (Wildman–Crippen LogP) is 2.19. The fraction of sp³-hybridized carbons (Fsp3) is 0.667. The van der Waals surface area contributed by atoms with Gasteiger partial charge >= 0.3 is 11.9 Å². The Kier molecular flexibility index (Phi) is 3.41. The lowest BCUT2D eigenvalue weighted by Gasteiger charge is -2.14. The van der Waals surface area contributed by atoms with Crippen LogP contribution in [0, 0.1) is 5.92 Å². The molecule has 2 atom stereocenters. The van der Waals surface area contributed by atoms with Crippen molar-refractivity contribution >= 4 is 11.9 Å². The third-order valence-electron chi connectivity index (χ3n) is 2.63. The quantitative estimate of drug-likeness (QED) is 0.546. The maximum absolute atomic E-state index is 11.0. The van der Waals surface area contributed by atoms with Crippen LogP contribution >= 0.6 is 0 Å². The molecule has 0 amide bonds. The van der Waals surface area contributed by atoms with Gasteiger partial charge in [0.05, 0.1) is 5.92 Å². The number of esters is 2. The lowest BCUT2D eigenvalue weighted by atomic mass is 10.1. The molecule has 90 valence electrons. The van der Waals surface area contributed by atoms with Crippen molar-refractivity contribution in [2.75, 3.05) is 0 Å². The summed E-state index contributed by atoms with van der Waals surface area (Å²) in [7, 11) is 0. The first-order valence-corrected chi connectivity index (χ1v) is 5.31. The van der Waals surface area contributed by atoms with Crippen molar-refractivity contribution in [2.24, 2.45) is 5.92 Å². The topological polar surface area (TPSA) is 52.6 Å². The minimum atomic E-state index is -0.506. The zero-order valence-corrected chi connectivity index (χ0v) is 10.4. The SMILES string of the molecule is CC(=O)OC(=C(C)C)[C@H]1C[C@@]1(C)OC(C)=O. The van der Waals surface area contributed by atoms with E-state index >= 15 is 0 Å². The molecule has 1 saturated carbocycles. The van der Waals surface area contributed by atoms with E-state index in [0.29, 0.717) is 12.2 Å². The fourth-order valence-electron chi connectivity index (χ4n) is 1.83. The van der Waals surface area contributed by atoms with Crippen LogP contribution in [0.3, 0.4) is 0 Å². The summed E-state index contributed by atoms with van der Waals surface area (Å²) in [5.74, 6) is -0.00393. The molecule has 0 aliphatic heterocycles. The van der Waals surface area contributed by atoms with Crippen molar-refractivity contribution in [3.05, 3.63) is 11.3 Å².